The van der Waals surface area contributed by atoms with E-state index in [2.05, 4.69) is 107 Å². The molecule has 0 aliphatic heterocycles. The van der Waals surface area contributed by atoms with Crippen LogP contribution in [0.3, 0.4) is 0 Å². The second-order valence-electron chi connectivity index (χ2n) is 9.91. The van der Waals surface area contributed by atoms with Crippen molar-refractivity contribution in [2.45, 2.75) is 59.3 Å². The molecule has 3 nitrogen and oxygen atoms in total. The van der Waals surface area contributed by atoms with E-state index in [1.165, 1.54) is 22.4 Å². The van der Waals surface area contributed by atoms with Crippen LogP contribution < -0.4 is 0 Å². The van der Waals surface area contributed by atoms with Gasteiger partial charge in [0.25, 0.3) is 0 Å². The molecule has 2 heterocycles. The average molecular weight is 437 g/mol. The molecule has 0 amide bonds. The lowest BCUT2D eigenvalue weighted by atomic mass is 9.92. The van der Waals surface area contributed by atoms with Gasteiger partial charge in [0.05, 0.1) is 22.3 Å². The van der Waals surface area contributed by atoms with Gasteiger partial charge in [0, 0.05) is 5.39 Å². The highest BCUT2D eigenvalue weighted by Crippen LogP contribution is 2.39. The molecule has 0 saturated carbocycles. The van der Waals surface area contributed by atoms with Gasteiger partial charge in [-0.3, -0.25) is 4.57 Å². The molecule has 0 fully saturated rings. The normalized spacial score (nSPS) is 12.2. The monoisotopic (exact) mass is 436 g/mol. The molecule has 5 aromatic rings. The van der Waals surface area contributed by atoms with Crippen molar-refractivity contribution in [2.24, 2.45) is 0 Å². The topological polar surface area (TPSA) is 31.0 Å². The highest BCUT2D eigenvalue weighted by Gasteiger charge is 2.23. The molecule has 0 atom stereocenters. The predicted octanol–water partition coefficient (Wildman–Crippen LogP) is 8.81. The fourth-order valence-electron chi connectivity index (χ4n) is 4.78. The molecule has 0 radical (unpaired) electrons. The summed E-state index contributed by atoms with van der Waals surface area (Å²) in [6.07, 6.45) is 1.87. The first-order chi connectivity index (χ1) is 15.9. The SMILES string of the molecule is CC(C)c1ccc2c(-c3nc4ccccc4n3-c3c(C(C)C)cccc3C(C)C)coc2c1. The van der Waals surface area contributed by atoms with Gasteiger partial charge in [0.15, 0.2) is 0 Å². The van der Waals surface area contributed by atoms with Gasteiger partial charge in [-0.2, -0.15) is 0 Å². The van der Waals surface area contributed by atoms with Crippen LogP contribution in [0.2, 0.25) is 0 Å². The van der Waals surface area contributed by atoms with E-state index >= 15 is 0 Å². The lowest BCUT2D eigenvalue weighted by Gasteiger charge is -2.22. The summed E-state index contributed by atoms with van der Waals surface area (Å²) in [6, 6.07) is 21.7. The molecule has 0 unspecified atom stereocenters. The maximum Gasteiger partial charge on any atom is 0.149 e. The lowest BCUT2D eigenvalue weighted by molar-refractivity contribution is 0.615. The van der Waals surface area contributed by atoms with Crippen molar-refractivity contribution in [2.75, 3.05) is 0 Å². The van der Waals surface area contributed by atoms with Gasteiger partial charge < -0.3 is 4.42 Å². The number of hydrogen-bond acceptors (Lipinski definition) is 2. The highest BCUT2D eigenvalue weighted by molar-refractivity contribution is 5.96. The van der Waals surface area contributed by atoms with Gasteiger partial charge in [-0.15, -0.1) is 0 Å². The second-order valence-corrected chi connectivity index (χ2v) is 9.91. The van der Waals surface area contributed by atoms with Crippen LogP contribution in [0.25, 0.3) is 39.1 Å². The van der Waals surface area contributed by atoms with Crippen LogP contribution in [0.4, 0.5) is 0 Å². The number of para-hydroxylation sites is 3. The molecular formula is C30H32N2O. The Balaban J connectivity index is 1.87. The van der Waals surface area contributed by atoms with Gasteiger partial charge in [-0.1, -0.05) is 84.0 Å². The zero-order valence-electron chi connectivity index (χ0n) is 20.4. The third-order valence-corrected chi connectivity index (χ3v) is 6.63. The fourth-order valence-corrected chi connectivity index (χ4v) is 4.78. The van der Waals surface area contributed by atoms with Crippen molar-refractivity contribution < 1.29 is 4.42 Å². The van der Waals surface area contributed by atoms with Crippen LogP contribution in [0, 0.1) is 0 Å². The number of benzene rings is 3. The molecule has 0 bridgehead atoms. The van der Waals surface area contributed by atoms with Crippen molar-refractivity contribution in [1.82, 2.24) is 9.55 Å². The third-order valence-electron chi connectivity index (χ3n) is 6.63. The van der Waals surface area contributed by atoms with Gasteiger partial charge in [-0.05, 0) is 52.6 Å². The Hall–Kier alpha value is -3.33. The summed E-state index contributed by atoms with van der Waals surface area (Å²) in [4.78, 5) is 5.14. The number of fused-ring (bicyclic) bond motifs is 2. The van der Waals surface area contributed by atoms with Crippen molar-refractivity contribution in [3.63, 3.8) is 0 Å². The second kappa shape index (κ2) is 8.22. The summed E-state index contributed by atoms with van der Waals surface area (Å²) in [5.74, 6) is 2.17. The number of hydrogen-bond donors (Lipinski definition) is 0. The Kier molecular flexibility index (Phi) is 5.36. The van der Waals surface area contributed by atoms with Gasteiger partial charge >= 0.3 is 0 Å². The predicted molar refractivity (Wildman–Crippen MR) is 139 cm³/mol. The molecule has 168 valence electrons. The van der Waals surface area contributed by atoms with E-state index in [-0.39, 0.29) is 0 Å². The Labute approximate surface area is 196 Å². The van der Waals surface area contributed by atoms with Crippen LogP contribution in [0.5, 0.6) is 0 Å². The van der Waals surface area contributed by atoms with Gasteiger partial charge in [-0.25, -0.2) is 4.98 Å². The van der Waals surface area contributed by atoms with Crippen molar-refractivity contribution in [3.05, 3.63) is 83.6 Å². The minimum absolute atomic E-state index is 0.391. The quantitative estimate of drug-likeness (QED) is 0.275. The Morgan fingerprint density at radius 3 is 2.12 bits per heavy atom. The van der Waals surface area contributed by atoms with Crippen LogP contribution in [-0.2, 0) is 0 Å². The fraction of sp³-hybridized carbons (Fsp3) is 0.300. The summed E-state index contributed by atoms with van der Waals surface area (Å²) in [6.45, 7) is 13.5. The first-order valence-corrected chi connectivity index (χ1v) is 12.0. The standard InChI is InChI=1S/C30H32N2O/c1-18(2)21-14-15-24-25(17-33-28(24)16-21)30-31-26-12-7-8-13-27(26)32(30)29-22(19(3)4)10-9-11-23(29)20(5)6/h7-20H,1-6H3. The zero-order valence-corrected chi connectivity index (χ0v) is 20.4. The summed E-state index contributed by atoms with van der Waals surface area (Å²) < 4.78 is 8.44. The first-order valence-electron chi connectivity index (χ1n) is 12.0. The van der Waals surface area contributed by atoms with E-state index in [1.54, 1.807) is 0 Å². The number of nitrogens with zero attached hydrogens (tertiary/aromatic N) is 2. The summed E-state index contributed by atoms with van der Waals surface area (Å²) in [7, 11) is 0. The smallest absolute Gasteiger partial charge is 0.149 e. The highest BCUT2D eigenvalue weighted by atomic mass is 16.3. The molecular weight excluding hydrogens is 404 g/mol. The minimum Gasteiger partial charge on any atom is -0.464 e. The van der Waals surface area contributed by atoms with E-state index in [9.17, 15) is 0 Å². The van der Waals surface area contributed by atoms with Gasteiger partial charge in [0.2, 0.25) is 0 Å². The molecule has 0 aliphatic rings. The number of furan rings is 1. The maximum absolute atomic E-state index is 6.08. The molecule has 0 saturated heterocycles. The molecule has 2 aromatic heterocycles. The van der Waals surface area contributed by atoms with Crippen LogP contribution in [0.1, 0.15) is 76.0 Å². The van der Waals surface area contributed by atoms with Crippen LogP contribution in [0.15, 0.2) is 71.3 Å². The summed E-state index contributed by atoms with van der Waals surface area (Å²) >= 11 is 0. The van der Waals surface area contributed by atoms with Crippen molar-refractivity contribution >= 4 is 22.0 Å². The van der Waals surface area contributed by atoms with Crippen molar-refractivity contribution in [3.8, 4) is 17.1 Å². The number of rotatable bonds is 5. The molecule has 5 rings (SSSR count). The largest absolute Gasteiger partial charge is 0.464 e. The Morgan fingerprint density at radius 1 is 0.758 bits per heavy atom. The Bertz CT molecular complexity index is 1420. The molecule has 0 aliphatic carbocycles. The molecule has 0 N–H and O–H groups in total. The molecule has 3 heteroatoms. The maximum atomic E-state index is 6.08. The molecule has 3 aromatic carbocycles. The third kappa shape index (κ3) is 3.56. The zero-order chi connectivity index (χ0) is 23.3. The van der Waals surface area contributed by atoms with E-state index in [0.717, 1.165) is 33.4 Å². The average Bonchev–Trinajstić information content (AvgIpc) is 3.38. The van der Waals surface area contributed by atoms with Crippen LogP contribution in [-0.4, -0.2) is 9.55 Å². The number of imidazole rings is 1. The van der Waals surface area contributed by atoms with E-state index < -0.39 is 0 Å². The molecule has 33 heavy (non-hydrogen) atoms. The van der Waals surface area contributed by atoms with Gasteiger partial charge in [0.1, 0.15) is 17.7 Å². The van der Waals surface area contributed by atoms with E-state index in [0.29, 0.717) is 17.8 Å². The van der Waals surface area contributed by atoms with Crippen LogP contribution >= 0.6 is 0 Å². The number of aromatic nitrogens is 2. The van der Waals surface area contributed by atoms with E-state index in [4.69, 9.17) is 9.40 Å². The lowest BCUT2D eigenvalue weighted by Crippen LogP contribution is -2.08. The Morgan fingerprint density at radius 2 is 1.45 bits per heavy atom. The summed E-state index contributed by atoms with van der Waals surface area (Å²) in [5, 5.41) is 1.10. The van der Waals surface area contributed by atoms with Crippen molar-refractivity contribution in [1.29, 1.82) is 0 Å². The minimum atomic E-state index is 0.391. The first kappa shape index (κ1) is 21.5. The van der Waals surface area contributed by atoms with E-state index in [1.807, 2.05) is 6.26 Å². The summed E-state index contributed by atoms with van der Waals surface area (Å²) in [5.41, 5.74) is 9.26. The molecule has 0 spiro atoms.